The fourth-order valence-corrected chi connectivity index (χ4v) is 2.89. The van der Waals surface area contributed by atoms with Crippen LogP contribution in [0.2, 0.25) is 0 Å². The molecular weight excluding hydrogens is 292 g/mol. The van der Waals surface area contributed by atoms with Crippen LogP contribution in [0.4, 0.5) is 0 Å². The van der Waals surface area contributed by atoms with Gasteiger partial charge in [-0.1, -0.05) is 32.5 Å². The molecule has 1 unspecified atom stereocenters. The molecule has 0 aliphatic rings. The van der Waals surface area contributed by atoms with Gasteiger partial charge in [-0.15, -0.1) is 5.10 Å². The zero-order chi connectivity index (χ0) is 15.8. The number of aromatic nitrogens is 3. The average Bonchev–Trinajstić information content (AvgIpc) is 2.78. The van der Waals surface area contributed by atoms with Gasteiger partial charge >= 0.3 is 11.7 Å². The van der Waals surface area contributed by atoms with Gasteiger partial charge in [0.1, 0.15) is 6.04 Å². The van der Waals surface area contributed by atoms with E-state index in [1.807, 2.05) is 20.8 Å². The summed E-state index contributed by atoms with van der Waals surface area (Å²) in [6, 6.07) is -0.143. The largest absolute Gasteiger partial charge is 0.468 e. The predicted octanol–water partition coefficient (Wildman–Crippen LogP) is 1.00. The normalized spacial score (nSPS) is 12.6. The van der Waals surface area contributed by atoms with Crippen molar-refractivity contribution < 1.29 is 9.53 Å². The van der Waals surface area contributed by atoms with E-state index in [2.05, 4.69) is 15.5 Å². The second-order valence-corrected chi connectivity index (χ2v) is 6.06. The molecule has 1 aromatic rings. The molecule has 0 aliphatic heterocycles. The molecule has 21 heavy (non-hydrogen) atoms. The number of carbonyl (C=O) groups excluding carboxylic acids is 1. The molecule has 0 spiro atoms. The van der Waals surface area contributed by atoms with E-state index in [1.165, 1.54) is 18.9 Å². The third-order valence-corrected chi connectivity index (χ3v) is 3.84. The van der Waals surface area contributed by atoms with Gasteiger partial charge in [-0.2, -0.15) is 0 Å². The molecule has 1 rings (SSSR count). The molecule has 8 heteroatoms. The highest BCUT2D eigenvalue weighted by molar-refractivity contribution is 7.99. The summed E-state index contributed by atoms with van der Waals surface area (Å²) < 4.78 is 6.41. The average molecular weight is 316 g/mol. The van der Waals surface area contributed by atoms with Crippen molar-refractivity contribution in [1.82, 2.24) is 20.1 Å². The zero-order valence-electron chi connectivity index (χ0n) is 13.0. The smallest absolute Gasteiger partial charge is 0.343 e. The third-order valence-electron chi connectivity index (χ3n) is 2.83. The van der Waals surface area contributed by atoms with E-state index in [1.54, 1.807) is 4.57 Å². The lowest BCUT2D eigenvalue weighted by molar-refractivity contribution is -0.143. The molecule has 2 N–H and O–H groups in total. The van der Waals surface area contributed by atoms with Gasteiger partial charge < -0.3 is 10.1 Å². The summed E-state index contributed by atoms with van der Waals surface area (Å²) in [5.74, 6) is 0.408. The summed E-state index contributed by atoms with van der Waals surface area (Å²) in [6.45, 7) is 6.61. The first-order valence-corrected chi connectivity index (χ1v) is 8.10. The van der Waals surface area contributed by atoms with Gasteiger partial charge in [0, 0.05) is 18.3 Å². The molecule has 7 nitrogen and oxygen atoms in total. The van der Waals surface area contributed by atoms with Crippen LogP contribution >= 0.6 is 11.8 Å². The monoisotopic (exact) mass is 316 g/mol. The second-order valence-electron chi connectivity index (χ2n) is 5.00. The van der Waals surface area contributed by atoms with Crippen molar-refractivity contribution in [1.29, 1.82) is 0 Å². The lowest BCUT2D eigenvalue weighted by atomic mass is 10.2. The van der Waals surface area contributed by atoms with E-state index in [0.29, 0.717) is 23.9 Å². The summed E-state index contributed by atoms with van der Waals surface area (Å²) in [6.07, 6.45) is 1.48. The van der Waals surface area contributed by atoms with Crippen molar-refractivity contribution in [3.05, 3.63) is 10.5 Å². The standard InChI is InChI=1S/C13H24N4O3S/c1-5-7-17-12(19)15-16-13(17)21-8-6-10(11(18)20-4)14-9(2)3/h9-10,14H,5-8H2,1-4H3,(H,15,19). The minimum Gasteiger partial charge on any atom is -0.468 e. The Balaban J connectivity index is 2.57. The molecule has 0 aromatic carbocycles. The van der Waals surface area contributed by atoms with Gasteiger partial charge in [-0.05, 0) is 12.8 Å². The first-order valence-electron chi connectivity index (χ1n) is 7.11. The molecule has 0 bridgehead atoms. The SMILES string of the molecule is CCCn1c(SCCC(NC(C)C)C(=O)OC)n[nH]c1=O. The molecule has 1 heterocycles. The topological polar surface area (TPSA) is 89.0 Å². The highest BCUT2D eigenvalue weighted by atomic mass is 32.2. The number of thioether (sulfide) groups is 1. The lowest BCUT2D eigenvalue weighted by Crippen LogP contribution is -2.41. The van der Waals surface area contributed by atoms with E-state index in [9.17, 15) is 9.59 Å². The summed E-state index contributed by atoms with van der Waals surface area (Å²) in [7, 11) is 1.39. The molecule has 0 saturated carbocycles. The maximum absolute atomic E-state index is 11.7. The Labute approximate surface area is 128 Å². The lowest BCUT2D eigenvalue weighted by Gasteiger charge is -2.18. The molecule has 1 aromatic heterocycles. The Kier molecular flexibility index (Phi) is 7.52. The van der Waals surface area contributed by atoms with Crippen molar-refractivity contribution in [2.45, 2.75) is 57.4 Å². The fourth-order valence-electron chi connectivity index (χ4n) is 1.92. The van der Waals surface area contributed by atoms with Crippen molar-refractivity contribution in [2.75, 3.05) is 12.9 Å². The Hall–Kier alpha value is -1.28. The Morgan fingerprint density at radius 2 is 2.24 bits per heavy atom. The number of H-pyrrole nitrogens is 1. The molecule has 120 valence electrons. The molecular formula is C13H24N4O3S. The number of carbonyl (C=O) groups is 1. The number of hydrogen-bond donors (Lipinski definition) is 2. The van der Waals surface area contributed by atoms with Crippen LogP contribution < -0.4 is 11.0 Å². The summed E-state index contributed by atoms with van der Waals surface area (Å²) in [5.41, 5.74) is -0.191. The quantitative estimate of drug-likeness (QED) is 0.522. The predicted molar refractivity (Wildman–Crippen MR) is 82.6 cm³/mol. The number of rotatable bonds is 9. The number of hydrogen-bond acceptors (Lipinski definition) is 6. The first-order chi connectivity index (χ1) is 9.99. The highest BCUT2D eigenvalue weighted by Crippen LogP contribution is 2.16. The van der Waals surface area contributed by atoms with Crippen molar-refractivity contribution in [2.24, 2.45) is 0 Å². The summed E-state index contributed by atoms with van der Waals surface area (Å²) in [5, 5.41) is 10.3. The van der Waals surface area contributed by atoms with Gasteiger partial charge in [0.05, 0.1) is 7.11 Å². The van der Waals surface area contributed by atoms with Crippen LogP contribution in [0.5, 0.6) is 0 Å². The van der Waals surface area contributed by atoms with Gasteiger partial charge in [0.25, 0.3) is 0 Å². The Morgan fingerprint density at radius 3 is 2.81 bits per heavy atom. The Morgan fingerprint density at radius 1 is 1.52 bits per heavy atom. The van der Waals surface area contributed by atoms with Crippen LogP contribution in [0.15, 0.2) is 9.95 Å². The summed E-state index contributed by atoms with van der Waals surface area (Å²) >= 11 is 1.46. The van der Waals surface area contributed by atoms with E-state index in [0.717, 1.165) is 6.42 Å². The Bertz CT molecular complexity index is 498. The number of nitrogens with one attached hydrogen (secondary N) is 2. The number of esters is 1. The van der Waals surface area contributed by atoms with Gasteiger partial charge in [0.15, 0.2) is 5.16 Å². The molecule has 0 saturated heterocycles. The van der Waals surface area contributed by atoms with Crippen LogP contribution in [0.1, 0.15) is 33.6 Å². The van der Waals surface area contributed by atoms with E-state index >= 15 is 0 Å². The molecule has 0 fully saturated rings. The van der Waals surface area contributed by atoms with Crippen LogP contribution in [0, 0.1) is 0 Å². The van der Waals surface area contributed by atoms with Gasteiger partial charge in [0.2, 0.25) is 0 Å². The van der Waals surface area contributed by atoms with Gasteiger partial charge in [-0.25, -0.2) is 9.89 Å². The maximum atomic E-state index is 11.7. The van der Waals surface area contributed by atoms with E-state index in [4.69, 9.17) is 4.74 Å². The van der Waals surface area contributed by atoms with E-state index < -0.39 is 0 Å². The maximum Gasteiger partial charge on any atom is 0.343 e. The number of ether oxygens (including phenoxy) is 1. The first kappa shape index (κ1) is 17.8. The van der Waals surface area contributed by atoms with Crippen LogP contribution in [0.25, 0.3) is 0 Å². The third kappa shape index (κ3) is 5.55. The van der Waals surface area contributed by atoms with Crippen molar-refractivity contribution >= 4 is 17.7 Å². The van der Waals surface area contributed by atoms with Crippen LogP contribution in [-0.2, 0) is 16.1 Å². The number of methoxy groups -OCH3 is 1. The minimum atomic E-state index is -0.340. The highest BCUT2D eigenvalue weighted by Gasteiger charge is 2.20. The second kappa shape index (κ2) is 8.89. The summed E-state index contributed by atoms with van der Waals surface area (Å²) in [4.78, 5) is 23.3. The molecule has 0 aliphatic carbocycles. The molecule has 0 amide bonds. The number of nitrogens with zero attached hydrogens (tertiary/aromatic N) is 2. The minimum absolute atomic E-state index is 0.191. The van der Waals surface area contributed by atoms with Crippen LogP contribution in [-0.4, -0.2) is 45.7 Å². The van der Waals surface area contributed by atoms with E-state index in [-0.39, 0.29) is 23.7 Å². The molecule has 1 atom stereocenters. The fraction of sp³-hybridized carbons (Fsp3) is 0.769. The molecule has 0 radical (unpaired) electrons. The van der Waals surface area contributed by atoms with Gasteiger partial charge in [-0.3, -0.25) is 9.36 Å². The van der Waals surface area contributed by atoms with Crippen molar-refractivity contribution in [3.63, 3.8) is 0 Å². The number of aromatic amines is 1. The van der Waals surface area contributed by atoms with Crippen molar-refractivity contribution in [3.8, 4) is 0 Å². The van der Waals surface area contributed by atoms with Crippen LogP contribution in [0.3, 0.4) is 0 Å². The zero-order valence-corrected chi connectivity index (χ0v) is 13.8.